The lowest BCUT2D eigenvalue weighted by Gasteiger charge is -2.33. The van der Waals surface area contributed by atoms with Crippen molar-refractivity contribution in [3.8, 4) is 5.88 Å². The molecule has 31 heavy (non-hydrogen) atoms. The maximum atomic E-state index is 6.17. The van der Waals surface area contributed by atoms with Crippen LogP contribution in [0.2, 0.25) is 0 Å². The maximum absolute atomic E-state index is 6.17. The van der Waals surface area contributed by atoms with Gasteiger partial charge in [0.25, 0.3) is 0 Å². The average Bonchev–Trinajstić information content (AvgIpc) is 3.32. The Morgan fingerprint density at radius 2 is 1.84 bits per heavy atom. The largest absolute Gasteiger partial charge is 0.474 e. The molecule has 2 aliphatic rings. The first-order chi connectivity index (χ1) is 15.3. The number of hydrogen-bond acceptors (Lipinski definition) is 4. The van der Waals surface area contributed by atoms with E-state index in [1.807, 2.05) is 19.3 Å². The Bertz CT molecular complexity index is 827. The summed E-state index contributed by atoms with van der Waals surface area (Å²) in [5.74, 6) is 1.60. The molecule has 4 rings (SSSR count). The molecule has 1 saturated carbocycles. The summed E-state index contributed by atoms with van der Waals surface area (Å²) < 4.78 is 6.17. The van der Waals surface area contributed by atoms with Crippen LogP contribution < -0.4 is 15.4 Å². The second kappa shape index (κ2) is 11.1. The number of aromatic nitrogens is 1. The highest BCUT2D eigenvalue weighted by Gasteiger charge is 2.21. The van der Waals surface area contributed by atoms with Crippen molar-refractivity contribution >= 4 is 5.96 Å². The van der Waals surface area contributed by atoms with Gasteiger partial charge in [0.2, 0.25) is 5.88 Å². The molecular formula is C25H35N5O. The van der Waals surface area contributed by atoms with Crippen LogP contribution in [0.15, 0.2) is 53.7 Å². The van der Waals surface area contributed by atoms with Crippen molar-refractivity contribution in [3.63, 3.8) is 0 Å². The zero-order valence-electron chi connectivity index (χ0n) is 18.6. The van der Waals surface area contributed by atoms with Crippen LogP contribution in [-0.2, 0) is 13.1 Å². The Morgan fingerprint density at radius 1 is 1.06 bits per heavy atom. The molecule has 1 aromatic carbocycles. The van der Waals surface area contributed by atoms with Crippen molar-refractivity contribution in [2.75, 3.05) is 20.1 Å². The minimum absolute atomic E-state index is 0.312. The lowest BCUT2D eigenvalue weighted by atomic mass is 10.0. The number of aliphatic imine (C=N–C) groups is 1. The van der Waals surface area contributed by atoms with Gasteiger partial charge in [0.15, 0.2) is 5.96 Å². The molecule has 2 aromatic rings. The molecule has 0 atom stereocenters. The zero-order chi connectivity index (χ0) is 21.3. The summed E-state index contributed by atoms with van der Waals surface area (Å²) in [6, 6.07) is 15.2. The number of benzene rings is 1. The van der Waals surface area contributed by atoms with Gasteiger partial charge in [0, 0.05) is 51.0 Å². The fourth-order valence-corrected chi connectivity index (χ4v) is 4.47. The number of pyridine rings is 1. The molecule has 0 spiro atoms. The Kier molecular flexibility index (Phi) is 7.77. The molecule has 1 aliphatic carbocycles. The number of piperidine rings is 1. The van der Waals surface area contributed by atoms with E-state index in [-0.39, 0.29) is 0 Å². The Labute approximate surface area is 186 Å². The quantitative estimate of drug-likeness (QED) is 0.527. The predicted molar refractivity (Wildman–Crippen MR) is 125 cm³/mol. The standard InChI is InChI=1S/C25H35N5O/c1-26-25(28-18-21-10-7-15-27-24(21)31-23-11-5-6-12-23)29-22-13-16-30(17-14-22)19-20-8-3-2-4-9-20/h2-4,7-10,15,22-23H,5-6,11-14,16-19H2,1H3,(H2,26,28,29). The summed E-state index contributed by atoms with van der Waals surface area (Å²) in [6.45, 7) is 3.89. The highest BCUT2D eigenvalue weighted by molar-refractivity contribution is 5.80. The first kappa shape index (κ1) is 21.6. The van der Waals surface area contributed by atoms with E-state index in [0.717, 1.165) is 62.7 Å². The van der Waals surface area contributed by atoms with E-state index >= 15 is 0 Å². The molecular weight excluding hydrogens is 386 g/mol. The molecule has 6 heteroatoms. The third-order valence-corrected chi connectivity index (χ3v) is 6.28. The van der Waals surface area contributed by atoms with Crippen molar-refractivity contribution < 1.29 is 4.74 Å². The first-order valence-electron chi connectivity index (χ1n) is 11.6. The summed E-state index contributed by atoms with van der Waals surface area (Å²) in [5.41, 5.74) is 2.47. The molecule has 0 amide bonds. The van der Waals surface area contributed by atoms with Crippen molar-refractivity contribution in [1.29, 1.82) is 0 Å². The third kappa shape index (κ3) is 6.44. The number of nitrogens with zero attached hydrogens (tertiary/aromatic N) is 3. The van der Waals surface area contributed by atoms with Gasteiger partial charge in [-0.2, -0.15) is 0 Å². The molecule has 2 fully saturated rings. The summed E-state index contributed by atoms with van der Waals surface area (Å²) in [6.07, 6.45) is 9.15. The molecule has 2 N–H and O–H groups in total. The molecule has 1 aliphatic heterocycles. The number of ether oxygens (including phenoxy) is 1. The topological polar surface area (TPSA) is 61.8 Å². The number of rotatable bonds is 7. The van der Waals surface area contributed by atoms with E-state index in [1.165, 1.54) is 18.4 Å². The van der Waals surface area contributed by atoms with E-state index in [9.17, 15) is 0 Å². The molecule has 0 bridgehead atoms. The Balaban J connectivity index is 1.23. The highest BCUT2D eigenvalue weighted by atomic mass is 16.5. The van der Waals surface area contributed by atoms with Gasteiger partial charge >= 0.3 is 0 Å². The first-order valence-corrected chi connectivity index (χ1v) is 11.6. The lowest BCUT2D eigenvalue weighted by molar-refractivity contribution is 0.198. The van der Waals surface area contributed by atoms with Crippen molar-refractivity contribution in [2.45, 2.75) is 63.8 Å². The van der Waals surface area contributed by atoms with Crippen LogP contribution in [-0.4, -0.2) is 48.1 Å². The van der Waals surface area contributed by atoms with Crippen LogP contribution >= 0.6 is 0 Å². The van der Waals surface area contributed by atoms with Gasteiger partial charge in [0.1, 0.15) is 6.10 Å². The molecule has 166 valence electrons. The number of nitrogens with one attached hydrogen (secondary N) is 2. The SMILES string of the molecule is CN=C(NCc1cccnc1OC1CCCC1)NC1CCN(Cc2ccccc2)CC1. The van der Waals surface area contributed by atoms with E-state index in [1.54, 1.807) is 0 Å². The van der Waals surface area contributed by atoms with E-state index < -0.39 is 0 Å². The minimum Gasteiger partial charge on any atom is -0.474 e. The Hall–Kier alpha value is -2.60. The monoisotopic (exact) mass is 421 g/mol. The van der Waals surface area contributed by atoms with Crippen LogP contribution in [0.5, 0.6) is 5.88 Å². The van der Waals surface area contributed by atoms with E-state index in [0.29, 0.717) is 18.7 Å². The van der Waals surface area contributed by atoms with Crippen LogP contribution in [0, 0.1) is 0 Å². The summed E-state index contributed by atoms with van der Waals surface area (Å²) in [5, 5.41) is 7.06. The second-order valence-corrected chi connectivity index (χ2v) is 8.60. The molecule has 2 heterocycles. The van der Waals surface area contributed by atoms with E-state index in [2.05, 4.69) is 61.9 Å². The maximum Gasteiger partial charge on any atom is 0.218 e. The third-order valence-electron chi connectivity index (χ3n) is 6.28. The Morgan fingerprint density at radius 3 is 2.58 bits per heavy atom. The van der Waals surface area contributed by atoms with Gasteiger partial charge in [0.05, 0.1) is 0 Å². The fraction of sp³-hybridized carbons (Fsp3) is 0.520. The highest BCUT2D eigenvalue weighted by Crippen LogP contribution is 2.25. The smallest absolute Gasteiger partial charge is 0.218 e. The van der Waals surface area contributed by atoms with Crippen LogP contribution in [0.3, 0.4) is 0 Å². The van der Waals surface area contributed by atoms with Gasteiger partial charge in [-0.3, -0.25) is 9.89 Å². The summed E-state index contributed by atoms with van der Waals surface area (Å²) >= 11 is 0. The van der Waals surface area contributed by atoms with Gasteiger partial charge in [-0.25, -0.2) is 4.98 Å². The molecule has 1 saturated heterocycles. The van der Waals surface area contributed by atoms with Crippen LogP contribution in [0.1, 0.15) is 49.7 Å². The fourth-order valence-electron chi connectivity index (χ4n) is 4.47. The van der Waals surface area contributed by atoms with Gasteiger partial charge in [-0.1, -0.05) is 36.4 Å². The van der Waals surface area contributed by atoms with Gasteiger partial charge < -0.3 is 15.4 Å². The molecule has 6 nitrogen and oxygen atoms in total. The van der Waals surface area contributed by atoms with E-state index in [4.69, 9.17) is 4.74 Å². The normalized spacial score (nSPS) is 18.8. The van der Waals surface area contributed by atoms with Crippen LogP contribution in [0.4, 0.5) is 0 Å². The predicted octanol–water partition coefficient (Wildman–Crippen LogP) is 3.73. The molecule has 0 unspecified atom stereocenters. The van der Waals surface area contributed by atoms with Crippen molar-refractivity contribution in [1.82, 2.24) is 20.5 Å². The van der Waals surface area contributed by atoms with Crippen molar-refractivity contribution in [3.05, 3.63) is 59.8 Å². The van der Waals surface area contributed by atoms with Gasteiger partial charge in [-0.15, -0.1) is 0 Å². The minimum atomic E-state index is 0.312. The second-order valence-electron chi connectivity index (χ2n) is 8.60. The van der Waals surface area contributed by atoms with Crippen LogP contribution in [0.25, 0.3) is 0 Å². The van der Waals surface area contributed by atoms with Gasteiger partial charge in [-0.05, 0) is 50.2 Å². The number of guanidine groups is 1. The number of hydrogen-bond donors (Lipinski definition) is 2. The molecule has 1 aromatic heterocycles. The molecule has 0 radical (unpaired) electrons. The lowest BCUT2D eigenvalue weighted by Crippen LogP contribution is -2.48. The zero-order valence-corrected chi connectivity index (χ0v) is 18.6. The average molecular weight is 422 g/mol. The summed E-state index contributed by atoms with van der Waals surface area (Å²) in [4.78, 5) is 11.4. The van der Waals surface area contributed by atoms with Crippen molar-refractivity contribution in [2.24, 2.45) is 4.99 Å². The number of likely N-dealkylation sites (tertiary alicyclic amines) is 1. The summed E-state index contributed by atoms with van der Waals surface area (Å²) in [7, 11) is 1.83.